The minimum absolute atomic E-state index is 0.134. The number of hydrogen-bond donors (Lipinski definition) is 0. The minimum atomic E-state index is 0.134. The maximum atomic E-state index is 10.6. The van der Waals surface area contributed by atoms with Crippen LogP contribution in [0.5, 0.6) is 0 Å². The summed E-state index contributed by atoms with van der Waals surface area (Å²) in [5.41, 5.74) is 2.71. The van der Waals surface area contributed by atoms with Crippen LogP contribution in [0.25, 0.3) is 0 Å². The Morgan fingerprint density at radius 1 is 1.38 bits per heavy atom. The summed E-state index contributed by atoms with van der Waals surface area (Å²) in [6.45, 7) is 4.24. The van der Waals surface area contributed by atoms with Crippen molar-refractivity contribution in [2.24, 2.45) is 5.92 Å². The molecule has 0 bridgehead atoms. The zero-order valence-corrected chi connectivity index (χ0v) is 8.08. The van der Waals surface area contributed by atoms with E-state index in [2.05, 4.69) is 38.1 Å². The molecule has 0 amide bonds. The lowest BCUT2D eigenvalue weighted by molar-refractivity contribution is -0.109. The van der Waals surface area contributed by atoms with E-state index >= 15 is 0 Å². The number of aryl methyl sites for hydroxylation is 1. The molecule has 1 aromatic carbocycles. The molecule has 1 aliphatic rings. The van der Waals surface area contributed by atoms with Gasteiger partial charge in [0, 0.05) is 11.3 Å². The normalized spacial score (nSPS) is 31.4. The van der Waals surface area contributed by atoms with E-state index in [0.717, 1.165) is 12.7 Å². The van der Waals surface area contributed by atoms with E-state index in [1.54, 1.807) is 0 Å². The second kappa shape index (κ2) is 2.69. The molecular formula is C12H14O. The van der Waals surface area contributed by atoms with Crippen molar-refractivity contribution in [2.45, 2.75) is 25.7 Å². The van der Waals surface area contributed by atoms with E-state index in [9.17, 15) is 4.79 Å². The third-order valence-corrected chi connectivity index (χ3v) is 3.18. The van der Waals surface area contributed by atoms with Gasteiger partial charge in [-0.3, -0.25) is 0 Å². The third-order valence-electron chi connectivity index (χ3n) is 3.18. The average Bonchev–Trinajstić information content (AvgIpc) is 2.80. The van der Waals surface area contributed by atoms with Gasteiger partial charge in [0.1, 0.15) is 6.29 Å². The molecule has 0 saturated heterocycles. The fourth-order valence-corrected chi connectivity index (χ4v) is 1.86. The van der Waals surface area contributed by atoms with Crippen LogP contribution in [0.3, 0.4) is 0 Å². The maximum Gasteiger partial charge on any atom is 0.123 e. The molecule has 1 fully saturated rings. The van der Waals surface area contributed by atoms with Gasteiger partial charge in [0.2, 0.25) is 0 Å². The van der Waals surface area contributed by atoms with E-state index in [1.165, 1.54) is 11.1 Å². The van der Waals surface area contributed by atoms with Gasteiger partial charge >= 0.3 is 0 Å². The predicted octanol–water partition coefficient (Wildman–Crippen LogP) is 2.47. The standard InChI is InChI=1S/C12H14O/c1-9-3-5-10(6-4-9)12(2)7-11(12)8-13/h3-6,8,11H,7H2,1-2H3/t11-,12-/m0/s1. The second-order valence-corrected chi connectivity index (χ2v) is 4.23. The van der Waals surface area contributed by atoms with Gasteiger partial charge in [-0.15, -0.1) is 0 Å². The lowest BCUT2D eigenvalue weighted by Crippen LogP contribution is -2.04. The van der Waals surface area contributed by atoms with Crippen molar-refractivity contribution < 1.29 is 4.79 Å². The highest BCUT2D eigenvalue weighted by Crippen LogP contribution is 2.52. The fourth-order valence-electron chi connectivity index (χ4n) is 1.86. The Hall–Kier alpha value is -1.11. The molecule has 2 atom stereocenters. The molecule has 1 saturated carbocycles. The summed E-state index contributed by atoms with van der Waals surface area (Å²) in [7, 11) is 0. The van der Waals surface area contributed by atoms with Crippen molar-refractivity contribution in [2.75, 3.05) is 0 Å². The SMILES string of the molecule is Cc1ccc([C@]2(C)C[C@H]2C=O)cc1. The number of carbonyl (C=O) groups is 1. The number of benzene rings is 1. The van der Waals surface area contributed by atoms with Gasteiger partial charge in [-0.2, -0.15) is 0 Å². The molecule has 0 N–H and O–H groups in total. The van der Waals surface area contributed by atoms with E-state index in [0.29, 0.717) is 0 Å². The molecule has 0 spiro atoms. The molecule has 2 rings (SSSR count). The molecule has 13 heavy (non-hydrogen) atoms. The van der Waals surface area contributed by atoms with Crippen molar-refractivity contribution in [3.8, 4) is 0 Å². The first kappa shape index (κ1) is 8.49. The first-order valence-corrected chi connectivity index (χ1v) is 4.69. The van der Waals surface area contributed by atoms with Crippen LogP contribution in [0.4, 0.5) is 0 Å². The molecule has 0 heterocycles. The van der Waals surface area contributed by atoms with E-state index in [-0.39, 0.29) is 11.3 Å². The van der Waals surface area contributed by atoms with E-state index in [4.69, 9.17) is 0 Å². The number of hydrogen-bond acceptors (Lipinski definition) is 1. The van der Waals surface area contributed by atoms with Gasteiger partial charge in [0.25, 0.3) is 0 Å². The van der Waals surface area contributed by atoms with Gasteiger partial charge in [-0.25, -0.2) is 0 Å². The summed E-state index contributed by atoms with van der Waals surface area (Å²) in [4.78, 5) is 10.6. The zero-order valence-electron chi connectivity index (χ0n) is 8.08. The van der Waals surface area contributed by atoms with Gasteiger partial charge in [-0.05, 0) is 18.9 Å². The van der Waals surface area contributed by atoms with Crippen molar-refractivity contribution >= 4 is 6.29 Å². The lowest BCUT2D eigenvalue weighted by Gasteiger charge is -2.09. The van der Waals surface area contributed by atoms with Gasteiger partial charge in [0.05, 0.1) is 0 Å². The molecule has 1 aliphatic carbocycles. The van der Waals surface area contributed by atoms with Crippen LogP contribution in [0.1, 0.15) is 24.5 Å². The third kappa shape index (κ3) is 1.28. The average molecular weight is 174 g/mol. The Labute approximate surface area is 78.8 Å². The molecule has 0 unspecified atom stereocenters. The number of aldehydes is 1. The predicted molar refractivity (Wildman–Crippen MR) is 52.7 cm³/mol. The molecular weight excluding hydrogens is 160 g/mol. The second-order valence-electron chi connectivity index (χ2n) is 4.23. The van der Waals surface area contributed by atoms with Gasteiger partial charge in [0.15, 0.2) is 0 Å². The van der Waals surface area contributed by atoms with Crippen LogP contribution in [-0.2, 0) is 10.2 Å². The van der Waals surface area contributed by atoms with Crippen molar-refractivity contribution in [3.05, 3.63) is 35.4 Å². The van der Waals surface area contributed by atoms with E-state index < -0.39 is 0 Å². The largest absolute Gasteiger partial charge is 0.303 e. The summed E-state index contributed by atoms with van der Waals surface area (Å²) >= 11 is 0. The monoisotopic (exact) mass is 174 g/mol. The van der Waals surface area contributed by atoms with Crippen LogP contribution in [0, 0.1) is 12.8 Å². The van der Waals surface area contributed by atoms with Crippen LogP contribution >= 0.6 is 0 Å². The maximum absolute atomic E-state index is 10.6. The van der Waals surface area contributed by atoms with Crippen molar-refractivity contribution in [1.29, 1.82) is 0 Å². The summed E-state index contributed by atoms with van der Waals surface area (Å²) < 4.78 is 0. The Morgan fingerprint density at radius 3 is 2.46 bits per heavy atom. The number of rotatable bonds is 2. The smallest absolute Gasteiger partial charge is 0.123 e. The highest BCUT2D eigenvalue weighted by Gasteiger charge is 2.50. The van der Waals surface area contributed by atoms with Crippen LogP contribution in [-0.4, -0.2) is 6.29 Å². The fraction of sp³-hybridized carbons (Fsp3) is 0.417. The van der Waals surface area contributed by atoms with Gasteiger partial charge in [-0.1, -0.05) is 36.8 Å². The zero-order chi connectivity index (χ0) is 9.47. The molecule has 1 heteroatoms. The van der Waals surface area contributed by atoms with Crippen molar-refractivity contribution in [1.82, 2.24) is 0 Å². The number of carbonyl (C=O) groups excluding carboxylic acids is 1. The van der Waals surface area contributed by atoms with Crippen LogP contribution in [0.2, 0.25) is 0 Å². The molecule has 1 nitrogen and oxygen atoms in total. The highest BCUT2D eigenvalue weighted by atomic mass is 16.1. The van der Waals surface area contributed by atoms with E-state index in [1.807, 2.05) is 0 Å². The summed E-state index contributed by atoms with van der Waals surface area (Å²) in [6.07, 6.45) is 2.10. The molecule has 0 aromatic heterocycles. The van der Waals surface area contributed by atoms with Crippen LogP contribution in [0.15, 0.2) is 24.3 Å². The Morgan fingerprint density at radius 2 is 2.00 bits per heavy atom. The first-order chi connectivity index (χ1) is 6.16. The Bertz CT molecular complexity index is 325. The summed E-state index contributed by atoms with van der Waals surface area (Å²) in [6, 6.07) is 8.50. The van der Waals surface area contributed by atoms with Crippen LogP contribution < -0.4 is 0 Å². The topological polar surface area (TPSA) is 17.1 Å². The Kier molecular flexibility index (Phi) is 1.76. The molecule has 0 radical (unpaired) electrons. The summed E-state index contributed by atoms with van der Waals surface area (Å²) in [5, 5.41) is 0. The Balaban J connectivity index is 2.27. The minimum Gasteiger partial charge on any atom is -0.303 e. The highest BCUT2D eigenvalue weighted by molar-refractivity contribution is 5.64. The quantitative estimate of drug-likeness (QED) is 0.629. The first-order valence-electron chi connectivity index (χ1n) is 4.69. The lowest BCUT2D eigenvalue weighted by atomic mass is 9.95. The molecule has 1 aromatic rings. The van der Waals surface area contributed by atoms with Crippen molar-refractivity contribution in [3.63, 3.8) is 0 Å². The summed E-state index contributed by atoms with van der Waals surface area (Å²) in [5.74, 6) is 0.246. The molecule has 68 valence electrons. The molecule has 0 aliphatic heterocycles. The van der Waals surface area contributed by atoms with Gasteiger partial charge < -0.3 is 4.79 Å².